The summed E-state index contributed by atoms with van der Waals surface area (Å²) in [5, 5.41) is 7.78. The molecule has 0 saturated heterocycles. The fraction of sp³-hybridized carbons (Fsp3) is 0.208. The molecule has 0 atom stereocenters. The Morgan fingerprint density at radius 1 is 0.900 bits per heavy atom. The molecular formula is C24H24N4O2. The molecule has 0 unspecified atom stereocenters. The number of hydrogen-bond donors (Lipinski definition) is 0. The number of rotatable bonds is 5. The lowest BCUT2D eigenvalue weighted by atomic mass is 9.99. The molecule has 0 aliphatic heterocycles. The molecule has 152 valence electrons. The second-order valence-corrected chi connectivity index (χ2v) is 7.50. The molecule has 0 aliphatic rings. The number of tetrazole rings is 1. The first-order chi connectivity index (χ1) is 14.4. The Morgan fingerprint density at radius 3 is 2.33 bits per heavy atom. The van der Waals surface area contributed by atoms with E-state index >= 15 is 0 Å². The number of nitrogens with zero attached hydrogens (tertiary/aromatic N) is 4. The molecule has 4 rings (SSSR count). The van der Waals surface area contributed by atoms with E-state index in [-0.39, 0.29) is 5.69 Å². The average Bonchev–Trinajstić information content (AvgIpc) is 3.06. The van der Waals surface area contributed by atoms with Gasteiger partial charge in [0.15, 0.2) is 0 Å². The summed E-state index contributed by atoms with van der Waals surface area (Å²) in [6.45, 7) is 6.49. The van der Waals surface area contributed by atoms with Crippen molar-refractivity contribution in [3.63, 3.8) is 0 Å². The first kappa shape index (κ1) is 19.6. The second kappa shape index (κ2) is 7.99. The van der Waals surface area contributed by atoms with Gasteiger partial charge < -0.3 is 4.74 Å². The quantitative estimate of drug-likeness (QED) is 0.505. The molecule has 1 heterocycles. The molecule has 0 aliphatic carbocycles. The highest BCUT2D eigenvalue weighted by Crippen LogP contribution is 2.28. The maximum absolute atomic E-state index is 12.3. The number of hydrogen-bond acceptors (Lipinski definition) is 4. The number of ether oxygens (including phenoxy) is 1. The molecule has 0 radical (unpaired) electrons. The van der Waals surface area contributed by atoms with E-state index in [0.29, 0.717) is 12.3 Å². The highest BCUT2D eigenvalue weighted by atomic mass is 16.5. The van der Waals surface area contributed by atoms with Crippen LogP contribution in [0.4, 0.5) is 0 Å². The molecule has 0 N–H and O–H groups in total. The molecule has 0 bridgehead atoms. The highest BCUT2D eigenvalue weighted by molar-refractivity contribution is 5.68. The molecule has 0 amide bonds. The molecule has 4 aromatic rings. The second-order valence-electron chi connectivity index (χ2n) is 7.50. The summed E-state index contributed by atoms with van der Waals surface area (Å²) in [6.07, 6.45) is 0. The summed E-state index contributed by atoms with van der Waals surface area (Å²) < 4.78 is 8.61. The van der Waals surface area contributed by atoms with Gasteiger partial charge in [-0.1, -0.05) is 48.0 Å². The van der Waals surface area contributed by atoms with Gasteiger partial charge in [-0.3, -0.25) is 0 Å². The van der Waals surface area contributed by atoms with Crippen molar-refractivity contribution in [2.24, 2.45) is 7.05 Å². The molecule has 6 heteroatoms. The summed E-state index contributed by atoms with van der Waals surface area (Å²) in [5.74, 6) is 0.782. The third-order valence-electron chi connectivity index (χ3n) is 5.28. The van der Waals surface area contributed by atoms with Crippen molar-refractivity contribution in [2.45, 2.75) is 27.4 Å². The summed E-state index contributed by atoms with van der Waals surface area (Å²) in [4.78, 5) is 12.3. The maximum Gasteiger partial charge on any atom is 0.368 e. The van der Waals surface area contributed by atoms with Gasteiger partial charge in [0.2, 0.25) is 0 Å². The standard InChI is InChI=1S/C24H24N4O2/c1-16-8-10-19(11-9-16)21-13-12-20(14-18(21)3)30-15-22-17(2)6-5-7-23(22)28-24(29)27(4)25-26-28/h5-14H,15H2,1-4H3. The fourth-order valence-electron chi connectivity index (χ4n) is 3.48. The van der Waals surface area contributed by atoms with Gasteiger partial charge in [0.1, 0.15) is 12.4 Å². The van der Waals surface area contributed by atoms with Crippen LogP contribution in [0.3, 0.4) is 0 Å². The SMILES string of the molecule is Cc1ccc(-c2ccc(OCc3c(C)cccc3-n3nnn(C)c3=O)cc2C)cc1. The Morgan fingerprint density at radius 2 is 1.67 bits per heavy atom. The van der Waals surface area contributed by atoms with Gasteiger partial charge in [0.25, 0.3) is 0 Å². The van der Waals surface area contributed by atoms with Crippen molar-refractivity contribution in [1.29, 1.82) is 0 Å². The van der Waals surface area contributed by atoms with Gasteiger partial charge in [0.05, 0.1) is 5.69 Å². The van der Waals surface area contributed by atoms with Gasteiger partial charge in [-0.25, -0.2) is 4.79 Å². The lowest BCUT2D eigenvalue weighted by Crippen LogP contribution is -2.23. The third kappa shape index (κ3) is 3.76. The van der Waals surface area contributed by atoms with Crippen LogP contribution in [0, 0.1) is 20.8 Å². The van der Waals surface area contributed by atoms with Gasteiger partial charge in [-0.05, 0) is 71.7 Å². The topological polar surface area (TPSA) is 61.9 Å². The Hall–Kier alpha value is -3.67. The Labute approximate surface area is 175 Å². The molecule has 3 aromatic carbocycles. The van der Waals surface area contributed by atoms with E-state index in [0.717, 1.165) is 22.4 Å². The Kier molecular flexibility index (Phi) is 5.23. The number of aryl methyl sites for hydroxylation is 4. The van der Waals surface area contributed by atoms with Crippen LogP contribution in [0.15, 0.2) is 65.5 Å². The summed E-state index contributed by atoms with van der Waals surface area (Å²) in [5.41, 5.74) is 7.08. The van der Waals surface area contributed by atoms with E-state index < -0.39 is 0 Å². The van der Waals surface area contributed by atoms with E-state index in [4.69, 9.17) is 4.74 Å². The normalized spacial score (nSPS) is 10.9. The third-order valence-corrected chi connectivity index (χ3v) is 5.28. The van der Waals surface area contributed by atoms with Crippen molar-refractivity contribution in [3.05, 3.63) is 93.4 Å². The van der Waals surface area contributed by atoms with Crippen molar-refractivity contribution < 1.29 is 4.74 Å². The zero-order valence-corrected chi connectivity index (χ0v) is 17.6. The van der Waals surface area contributed by atoms with Crippen LogP contribution >= 0.6 is 0 Å². The van der Waals surface area contributed by atoms with Crippen molar-refractivity contribution in [3.8, 4) is 22.6 Å². The zero-order chi connectivity index (χ0) is 21.3. The minimum absolute atomic E-state index is 0.292. The molecule has 0 saturated carbocycles. The van der Waals surface area contributed by atoms with E-state index in [1.807, 2.05) is 37.3 Å². The smallest absolute Gasteiger partial charge is 0.368 e. The summed E-state index contributed by atoms with van der Waals surface area (Å²) in [7, 11) is 1.58. The fourth-order valence-corrected chi connectivity index (χ4v) is 3.48. The van der Waals surface area contributed by atoms with Gasteiger partial charge in [0, 0.05) is 12.6 Å². The summed E-state index contributed by atoms with van der Waals surface area (Å²) >= 11 is 0. The highest BCUT2D eigenvalue weighted by Gasteiger charge is 2.14. The van der Waals surface area contributed by atoms with E-state index in [2.05, 4.69) is 54.6 Å². The van der Waals surface area contributed by atoms with Crippen LogP contribution in [0.5, 0.6) is 5.75 Å². The molecule has 6 nitrogen and oxygen atoms in total. The minimum Gasteiger partial charge on any atom is -0.489 e. The summed E-state index contributed by atoms with van der Waals surface area (Å²) in [6, 6.07) is 20.4. The monoisotopic (exact) mass is 400 g/mol. The van der Waals surface area contributed by atoms with E-state index in [1.54, 1.807) is 7.05 Å². The number of aromatic nitrogens is 4. The van der Waals surface area contributed by atoms with Crippen LogP contribution in [0.25, 0.3) is 16.8 Å². The van der Waals surface area contributed by atoms with Crippen molar-refractivity contribution in [2.75, 3.05) is 0 Å². The minimum atomic E-state index is -0.292. The number of benzene rings is 3. The maximum atomic E-state index is 12.3. The van der Waals surface area contributed by atoms with Gasteiger partial charge in [-0.15, -0.1) is 0 Å². The van der Waals surface area contributed by atoms with Crippen LogP contribution in [0.2, 0.25) is 0 Å². The van der Waals surface area contributed by atoms with E-state index in [1.165, 1.54) is 26.1 Å². The van der Waals surface area contributed by atoms with Gasteiger partial charge >= 0.3 is 5.69 Å². The Balaban J connectivity index is 1.60. The molecule has 1 aromatic heterocycles. The predicted octanol–water partition coefficient (Wildman–Crippen LogP) is 4.14. The largest absolute Gasteiger partial charge is 0.489 e. The molecule has 30 heavy (non-hydrogen) atoms. The molecule has 0 fully saturated rings. The molecular weight excluding hydrogens is 376 g/mol. The Bertz CT molecular complexity index is 1250. The van der Waals surface area contributed by atoms with Gasteiger partial charge in [-0.2, -0.15) is 9.36 Å². The molecule has 0 spiro atoms. The van der Waals surface area contributed by atoms with Crippen LogP contribution in [-0.4, -0.2) is 19.8 Å². The van der Waals surface area contributed by atoms with Crippen LogP contribution < -0.4 is 10.4 Å². The zero-order valence-electron chi connectivity index (χ0n) is 17.6. The lowest BCUT2D eigenvalue weighted by molar-refractivity contribution is 0.304. The first-order valence-corrected chi connectivity index (χ1v) is 9.82. The van der Waals surface area contributed by atoms with Crippen LogP contribution in [-0.2, 0) is 13.7 Å². The predicted molar refractivity (Wildman–Crippen MR) is 117 cm³/mol. The average molecular weight is 400 g/mol. The van der Waals surface area contributed by atoms with E-state index in [9.17, 15) is 4.79 Å². The first-order valence-electron chi connectivity index (χ1n) is 9.82. The lowest BCUT2D eigenvalue weighted by Gasteiger charge is -2.14. The van der Waals surface area contributed by atoms with Crippen LogP contribution in [0.1, 0.15) is 22.3 Å². The van der Waals surface area contributed by atoms with Crippen molar-refractivity contribution >= 4 is 0 Å². The van der Waals surface area contributed by atoms with Crippen molar-refractivity contribution in [1.82, 2.24) is 19.8 Å².